The molecule has 1 heterocycles. The average molecular weight is 402 g/mol. The fourth-order valence-electron chi connectivity index (χ4n) is 2.96. The van der Waals surface area contributed by atoms with Crippen LogP contribution in [0.2, 0.25) is 18.1 Å². The largest absolute Gasteiger partial charge is 0.462 e. The van der Waals surface area contributed by atoms with Crippen LogP contribution in [0.25, 0.3) is 11.3 Å². The molecule has 0 saturated heterocycles. The lowest BCUT2D eigenvalue weighted by Crippen LogP contribution is -2.41. The van der Waals surface area contributed by atoms with E-state index in [0.29, 0.717) is 12.2 Å². The first kappa shape index (κ1) is 22.4. The minimum atomic E-state index is -1.74. The summed E-state index contributed by atoms with van der Waals surface area (Å²) in [7, 11) is -1.74. The van der Waals surface area contributed by atoms with Gasteiger partial charge in [-0.3, -0.25) is 0 Å². The van der Waals surface area contributed by atoms with Gasteiger partial charge >= 0.3 is 5.97 Å². The van der Waals surface area contributed by atoms with Crippen LogP contribution >= 0.6 is 0 Å². The van der Waals surface area contributed by atoms with Gasteiger partial charge in [0.1, 0.15) is 0 Å². The first-order chi connectivity index (χ1) is 13.1. The number of aromatic nitrogens is 1. The highest BCUT2D eigenvalue weighted by molar-refractivity contribution is 6.74. The fourth-order valence-corrected chi connectivity index (χ4v) is 4.05. The smallest absolute Gasteiger partial charge is 0.339 e. The van der Waals surface area contributed by atoms with Gasteiger partial charge in [0.2, 0.25) is 0 Å². The molecule has 0 spiro atoms. The van der Waals surface area contributed by atoms with E-state index >= 15 is 0 Å². The Labute approximate surface area is 171 Å². The summed E-state index contributed by atoms with van der Waals surface area (Å²) in [6.07, 6.45) is 0.907. The normalized spacial score (nSPS) is 12.2. The molecule has 2 rings (SSSR count). The van der Waals surface area contributed by atoms with E-state index in [-0.39, 0.29) is 11.0 Å². The van der Waals surface area contributed by atoms with Crippen molar-refractivity contribution in [2.75, 3.05) is 13.2 Å². The van der Waals surface area contributed by atoms with Crippen LogP contribution in [0.15, 0.2) is 36.4 Å². The minimum absolute atomic E-state index is 0.211. The van der Waals surface area contributed by atoms with Crippen LogP contribution in [-0.2, 0) is 15.7 Å². The summed E-state index contributed by atoms with van der Waals surface area (Å²) in [4.78, 5) is 12.4. The van der Waals surface area contributed by atoms with E-state index < -0.39 is 8.32 Å². The average Bonchev–Trinajstić information content (AvgIpc) is 2.95. The Hall–Kier alpha value is -1.85. The summed E-state index contributed by atoms with van der Waals surface area (Å²) >= 11 is 0. The zero-order chi connectivity index (χ0) is 20.9. The third kappa shape index (κ3) is 5.14. The molecule has 0 aliphatic heterocycles. The van der Waals surface area contributed by atoms with E-state index in [0.717, 1.165) is 36.5 Å². The Morgan fingerprint density at radius 1 is 1.14 bits per heavy atom. The number of esters is 1. The Kier molecular flexibility index (Phi) is 7.29. The second-order valence-corrected chi connectivity index (χ2v) is 13.5. The van der Waals surface area contributed by atoms with E-state index in [1.54, 1.807) is 0 Å². The molecule has 5 heteroatoms. The van der Waals surface area contributed by atoms with E-state index in [4.69, 9.17) is 9.16 Å². The molecule has 0 aliphatic rings. The van der Waals surface area contributed by atoms with Crippen LogP contribution < -0.4 is 0 Å². The second kappa shape index (κ2) is 9.10. The molecule has 28 heavy (non-hydrogen) atoms. The monoisotopic (exact) mass is 401 g/mol. The number of hydrogen-bond acceptors (Lipinski definition) is 3. The summed E-state index contributed by atoms with van der Waals surface area (Å²) in [5.74, 6) is -0.256. The maximum atomic E-state index is 12.4. The predicted octanol–water partition coefficient (Wildman–Crippen LogP) is 6.05. The van der Waals surface area contributed by atoms with Gasteiger partial charge in [0.05, 0.1) is 12.2 Å². The summed E-state index contributed by atoms with van der Waals surface area (Å²) in [6.45, 7) is 17.1. The van der Waals surface area contributed by atoms with Crippen molar-refractivity contribution in [3.63, 3.8) is 0 Å². The number of ether oxygens (including phenoxy) is 1. The van der Waals surface area contributed by atoms with Crippen LogP contribution in [0.1, 0.15) is 50.2 Å². The minimum Gasteiger partial charge on any atom is -0.462 e. The SMILES string of the molecule is CCOC(=O)c1cc(-c2ccccc2)n(CCCO[Si](C)(C)C(C)(C)C)c1C. The van der Waals surface area contributed by atoms with E-state index in [9.17, 15) is 4.79 Å². The lowest BCUT2D eigenvalue weighted by molar-refractivity contribution is 0.0525. The number of carbonyl (C=O) groups excluding carboxylic acids is 1. The van der Waals surface area contributed by atoms with Crippen molar-refractivity contribution in [1.82, 2.24) is 4.57 Å². The molecular formula is C23H35NO3Si. The van der Waals surface area contributed by atoms with Crippen molar-refractivity contribution in [1.29, 1.82) is 0 Å². The number of carbonyl (C=O) groups is 1. The highest BCUT2D eigenvalue weighted by Crippen LogP contribution is 2.36. The fraction of sp³-hybridized carbons (Fsp3) is 0.522. The molecule has 0 atom stereocenters. The van der Waals surface area contributed by atoms with Gasteiger partial charge in [0.15, 0.2) is 8.32 Å². The second-order valence-electron chi connectivity index (χ2n) is 8.73. The summed E-state index contributed by atoms with van der Waals surface area (Å²) in [6, 6.07) is 12.2. The number of nitrogens with zero attached hydrogens (tertiary/aromatic N) is 1. The predicted molar refractivity (Wildman–Crippen MR) is 118 cm³/mol. The van der Waals surface area contributed by atoms with E-state index in [2.05, 4.69) is 50.6 Å². The topological polar surface area (TPSA) is 40.5 Å². The van der Waals surface area contributed by atoms with E-state index in [1.165, 1.54) is 0 Å². The molecule has 1 aromatic heterocycles. The van der Waals surface area contributed by atoms with Crippen LogP contribution in [0.3, 0.4) is 0 Å². The highest BCUT2D eigenvalue weighted by atomic mass is 28.4. The van der Waals surface area contributed by atoms with Crippen LogP contribution in [-0.4, -0.2) is 32.1 Å². The number of benzene rings is 1. The molecule has 0 saturated carbocycles. The van der Waals surface area contributed by atoms with Gasteiger partial charge in [-0.1, -0.05) is 51.1 Å². The zero-order valence-corrected chi connectivity index (χ0v) is 19.5. The molecule has 154 valence electrons. The third-order valence-electron chi connectivity index (χ3n) is 5.73. The van der Waals surface area contributed by atoms with Gasteiger partial charge in [-0.05, 0) is 50.0 Å². The van der Waals surface area contributed by atoms with Crippen LogP contribution in [0.5, 0.6) is 0 Å². The molecule has 0 N–H and O–H groups in total. The lowest BCUT2D eigenvalue weighted by atomic mass is 10.1. The van der Waals surface area contributed by atoms with Crippen molar-refractivity contribution in [3.8, 4) is 11.3 Å². The summed E-state index contributed by atoms with van der Waals surface area (Å²) in [5.41, 5.74) is 3.75. The van der Waals surface area contributed by atoms with Gasteiger partial charge in [0.25, 0.3) is 0 Å². The molecule has 0 fully saturated rings. The molecular weight excluding hydrogens is 366 g/mol. The van der Waals surface area contributed by atoms with Gasteiger partial charge in [-0.25, -0.2) is 4.79 Å². The van der Waals surface area contributed by atoms with Crippen molar-refractivity contribution < 1.29 is 14.0 Å². The molecule has 0 radical (unpaired) electrons. The maximum absolute atomic E-state index is 12.4. The molecule has 0 aliphatic carbocycles. The van der Waals surface area contributed by atoms with Crippen LogP contribution in [0, 0.1) is 6.92 Å². The molecule has 0 amide bonds. The first-order valence-electron chi connectivity index (χ1n) is 10.1. The summed E-state index contributed by atoms with van der Waals surface area (Å²) in [5, 5.41) is 0.211. The lowest BCUT2D eigenvalue weighted by Gasteiger charge is -2.36. The quantitative estimate of drug-likeness (QED) is 0.307. The van der Waals surface area contributed by atoms with Crippen molar-refractivity contribution in [2.24, 2.45) is 0 Å². The Morgan fingerprint density at radius 2 is 1.79 bits per heavy atom. The molecule has 0 unspecified atom stereocenters. The highest BCUT2D eigenvalue weighted by Gasteiger charge is 2.36. The molecule has 2 aromatic rings. The van der Waals surface area contributed by atoms with E-state index in [1.807, 2.05) is 38.1 Å². The number of hydrogen-bond donors (Lipinski definition) is 0. The zero-order valence-electron chi connectivity index (χ0n) is 18.5. The Balaban J connectivity index is 2.21. The molecule has 0 bridgehead atoms. The van der Waals surface area contributed by atoms with Gasteiger partial charge in [-0.15, -0.1) is 0 Å². The van der Waals surface area contributed by atoms with Gasteiger partial charge < -0.3 is 13.7 Å². The maximum Gasteiger partial charge on any atom is 0.339 e. The van der Waals surface area contributed by atoms with Gasteiger partial charge in [-0.2, -0.15) is 0 Å². The van der Waals surface area contributed by atoms with Gasteiger partial charge in [0, 0.05) is 24.5 Å². The molecule has 4 nitrogen and oxygen atoms in total. The first-order valence-corrected chi connectivity index (χ1v) is 13.1. The van der Waals surface area contributed by atoms with Crippen molar-refractivity contribution in [3.05, 3.63) is 47.7 Å². The third-order valence-corrected chi connectivity index (χ3v) is 10.3. The molecule has 1 aromatic carbocycles. The van der Waals surface area contributed by atoms with Crippen molar-refractivity contribution in [2.45, 2.75) is 65.7 Å². The van der Waals surface area contributed by atoms with Crippen LogP contribution in [0.4, 0.5) is 0 Å². The Morgan fingerprint density at radius 3 is 2.36 bits per heavy atom. The Bertz CT molecular complexity index is 788. The summed E-state index contributed by atoms with van der Waals surface area (Å²) < 4.78 is 13.8. The standard InChI is InChI=1S/C23H35NO3Si/c1-8-26-22(25)20-17-21(19-13-10-9-11-14-19)24(18(20)2)15-12-16-27-28(6,7)23(3,4)5/h9-11,13-14,17H,8,12,15-16H2,1-7H3. The number of rotatable bonds is 8. The van der Waals surface area contributed by atoms with Crippen molar-refractivity contribution >= 4 is 14.3 Å².